The molecule has 4 aromatic rings. The summed E-state index contributed by atoms with van der Waals surface area (Å²) in [6, 6.07) is 27.3. The highest BCUT2D eigenvalue weighted by molar-refractivity contribution is 5.81. The Labute approximate surface area is 213 Å². The van der Waals surface area contributed by atoms with E-state index in [2.05, 4.69) is 64.9 Å². The molecule has 0 aliphatic carbocycles. The molecule has 5 nitrogen and oxygen atoms in total. The Morgan fingerprint density at radius 3 is 2.61 bits per heavy atom. The summed E-state index contributed by atoms with van der Waals surface area (Å²) in [7, 11) is 0. The minimum atomic E-state index is 0.139. The molecule has 2 unspecified atom stereocenters. The van der Waals surface area contributed by atoms with Crippen LogP contribution in [-0.4, -0.2) is 37.4 Å². The smallest absolute Gasteiger partial charge is 0.119 e. The highest BCUT2D eigenvalue weighted by Gasteiger charge is 2.27. The Morgan fingerprint density at radius 1 is 0.833 bits per heavy atom. The van der Waals surface area contributed by atoms with Crippen LogP contribution >= 0.6 is 0 Å². The number of piperidine rings is 1. The van der Waals surface area contributed by atoms with Crippen LogP contribution in [0.3, 0.4) is 0 Å². The lowest BCUT2D eigenvalue weighted by molar-refractivity contribution is 0.0106. The molecule has 1 fully saturated rings. The van der Waals surface area contributed by atoms with Crippen LogP contribution in [0.2, 0.25) is 0 Å². The lowest BCUT2D eigenvalue weighted by Crippen LogP contribution is -2.40. The number of nitrogens with one attached hydrogen (secondary N) is 1. The van der Waals surface area contributed by atoms with Gasteiger partial charge in [-0.25, -0.2) is 0 Å². The van der Waals surface area contributed by atoms with Crippen LogP contribution in [0.5, 0.6) is 5.75 Å². The number of hydrogen-bond donors (Lipinski definition) is 1. The molecule has 0 saturated carbocycles. The van der Waals surface area contributed by atoms with E-state index in [0.717, 1.165) is 37.1 Å². The van der Waals surface area contributed by atoms with Gasteiger partial charge in [-0.2, -0.15) is 0 Å². The summed E-state index contributed by atoms with van der Waals surface area (Å²) in [6.07, 6.45) is 5.80. The van der Waals surface area contributed by atoms with Crippen LogP contribution in [0.15, 0.2) is 91.3 Å². The lowest BCUT2D eigenvalue weighted by atomic mass is 9.87. The Balaban J connectivity index is 1.09. The van der Waals surface area contributed by atoms with Gasteiger partial charge < -0.3 is 19.5 Å². The van der Waals surface area contributed by atoms with E-state index in [9.17, 15) is 0 Å². The van der Waals surface area contributed by atoms with Gasteiger partial charge in [-0.3, -0.25) is 4.98 Å². The van der Waals surface area contributed by atoms with Crippen molar-refractivity contribution in [3.8, 4) is 5.75 Å². The summed E-state index contributed by atoms with van der Waals surface area (Å²) in [5.41, 5.74) is 3.70. The van der Waals surface area contributed by atoms with E-state index in [-0.39, 0.29) is 6.10 Å². The zero-order chi connectivity index (χ0) is 24.4. The van der Waals surface area contributed by atoms with Gasteiger partial charge in [0.15, 0.2) is 0 Å². The quantitative estimate of drug-likeness (QED) is 0.271. The fourth-order valence-electron chi connectivity index (χ4n) is 4.74. The summed E-state index contributed by atoms with van der Waals surface area (Å²) in [4.78, 5) is 4.20. The van der Waals surface area contributed by atoms with E-state index in [4.69, 9.17) is 14.2 Å². The average Bonchev–Trinajstić information content (AvgIpc) is 2.95. The molecule has 1 saturated heterocycles. The fourth-order valence-corrected chi connectivity index (χ4v) is 4.74. The molecule has 0 spiro atoms. The number of hydrogen-bond acceptors (Lipinski definition) is 5. The van der Waals surface area contributed by atoms with Crippen molar-refractivity contribution in [1.29, 1.82) is 0 Å². The molecule has 1 N–H and O–H groups in total. The summed E-state index contributed by atoms with van der Waals surface area (Å²) in [5.74, 6) is 1.27. The van der Waals surface area contributed by atoms with Gasteiger partial charge in [-0.05, 0) is 59.3 Å². The lowest BCUT2D eigenvalue weighted by Gasteiger charge is -2.32. The molecule has 2 atom stereocenters. The first kappa shape index (κ1) is 24.4. The van der Waals surface area contributed by atoms with Gasteiger partial charge in [-0.15, -0.1) is 0 Å². The van der Waals surface area contributed by atoms with Gasteiger partial charge in [0, 0.05) is 36.7 Å². The van der Waals surface area contributed by atoms with Crippen LogP contribution in [0, 0.1) is 0 Å². The summed E-state index contributed by atoms with van der Waals surface area (Å²) in [5, 5.41) is 5.85. The van der Waals surface area contributed by atoms with Crippen molar-refractivity contribution in [1.82, 2.24) is 10.3 Å². The zero-order valence-corrected chi connectivity index (χ0v) is 20.6. The number of nitrogens with zero attached hydrogens (tertiary/aromatic N) is 1. The van der Waals surface area contributed by atoms with Gasteiger partial charge >= 0.3 is 0 Å². The highest BCUT2D eigenvalue weighted by Crippen LogP contribution is 2.30. The average molecular weight is 483 g/mol. The van der Waals surface area contributed by atoms with Gasteiger partial charge in [0.1, 0.15) is 5.75 Å². The first-order valence-corrected chi connectivity index (χ1v) is 12.8. The van der Waals surface area contributed by atoms with E-state index in [0.29, 0.717) is 32.3 Å². The van der Waals surface area contributed by atoms with Crippen LogP contribution in [-0.2, 0) is 22.7 Å². The number of ether oxygens (including phenoxy) is 3. The first-order chi connectivity index (χ1) is 17.8. The second-order valence-corrected chi connectivity index (χ2v) is 9.32. The molecule has 0 amide bonds. The Morgan fingerprint density at radius 2 is 1.72 bits per heavy atom. The van der Waals surface area contributed by atoms with E-state index in [1.54, 1.807) is 0 Å². The van der Waals surface area contributed by atoms with Crippen molar-refractivity contribution in [3.63, 3.8) is 0 Å². The molecule has 0 bridgehead atoms. The van der Waals surface area contributed by atoms with Crippen molar-refractivity contribution in [2.24, 2.45) is 0 Å². The second-order valence-electron chi connectivity index (χ2n) is 9.32. The van der Waals surface area contributed by atoms with E-state index < -0.39 is 0 Å². The minimum absolute atomic E-state index is 0.139. The van der Waals surface area contributed by atoms with Gasteiger partial charge in [-0.1, -0.05) is 54.6 Å². The van der Waals surface area contributed by atoms with Crippen LogP contribution in [0.25, 0.3) is 10.8 Å². The fraction of sp³-hybridized carbons (Fsp3) is 0.323. The molecule has 1 aromatic heterocycles. The summed E-state index contributed by atoms with van der Waals surface area (Å²) >= 11 is 0. The zero-order valence-electron chi connectivity index (χ0n) is 20.6. The predicted octanol–water partition coefficient (Wildman–Crippen LogP) is 5.88. The summed E-state index contributed by atoms with van der Waals surface area (Å²) < 4.78 is 18.1. The number of pyridine rings is 1. The Bertz CT molecular complexity index is 1210. The number of benzene rings is 3. The van der Waals surface area contributed by atoms with E-state index in [1.165, 1.54) is 22.1 Å². The molecule has 2 heterocycles. The van der Waals surface area contributed by atoms with Crippen LogP contribution in [0.1, 0.15) is 35.4 Å². The second kappa shape index (κ2) is 12.6. The van der Waals surface area contributed by atoms with E-state index >= 15 is 0 Å². The van der Waals surface area contributed by atoms with Gasteiger partial charge in [0.05, 0.1) is 32.5 Å². The molecule has 5 rings (SSSR count). The number of fused-ring (bicyclic) bond motifs is 1. The largest absolute Gasteiger partial charge is 0.494 e. The Kier molecular flexibility index (Phi) is 8.58. The van der Waals surface area contributed by atoms with Gasteiger partial charge in [0.2, 0.25) is 0 Å². The topological polar surface area (TPSA) is 52.6 Å². The van der Waals surface area contributed by atoms with Crippen molar-refractivity contribution in [2.75, 3.05) is 26.3 Å². The molecule has 36 heavy (non-hydrogen) atoms. The normalized spacial score (nSPS) is 17.8. The molecule has 5 heteroatoms. The third-order valence-electron chi connectivity index (χ3n) is 6.72. The first-order valence-electron chi connectivity index (χ1n) is 12.8. The maximum atomic E-state index is 6.43. The predicted molar refractivity (Wildman–Crippen MR) is 143 cm³/mol. The Hall–Kier alpha value is -3.25. The molecule has 0 radical (unpaired) electrons. The summed E-state index contributed by atoms with van der Waals surface area (Å²) in [6.45, 7) is 4.46. The maximum Gasteiger partial charge on any atom is 0.119 e. The van der Waals surface area contributed by atoms with Crippen molar-refractivity contribution in [3.05, 3.63) is 108 Å². The standard InChI is InChI=1S/C31H34N2O3/c1-2-5-24(6-3-1)22-34-17-4-18-35-29-11-9-26(10-12-29)30-14-16-33-21-31(30)36-23-25-7-8-28-20-32-15-13-27(28)19-25/h1-3,5-13,15,19-20,30-31,33H,4,14,16-18,21-23H2. The maximum absolute atomic E-state index is 6.43. The minimum Gasteiger partial charge on any atom is -0.494 e. The highest BCUT2D eigenvalue weighted by atomic mass is 16.5. The molecule has 1 aliphatic heterocycles. The van der Waals surface area contributed by atoms with Crippen molar-refractivity contribution >= 4 is 10.8 Å². The monoisotopic (exact) mass is 482 g/mol. The van der Waals surface area contributed by atoms with Crippen LogP contribution in [0.4, 0.5) is 0 Å². The SMILES string of the molecule is c1ccc(COCCCOc2ccc(C3CCNCC3OCc3ccc4cnccc4c3)cc2)cc1. The van der Waals surface area contributed by atoms with Crippen molar-refractivity contribution < 1.29 is 14.2 Å². The molecule has 1 aliphatic rings. The number of aromatic nitrogens is 1. The molecular weight excluding hydrogens is 448 g/mol. The molecular formula is C31H34N2O3. The van der Waals surface area contributed by atoms with Gasteiger partial charge in [0.25, 0.3) is 0 Å². The molecule has 186 valence electrons. The van der Waals surface area contributed by atoms with Crippen molar-refractivity contribution in [2.45, 2.75) is 38.1 Å². The van der Waals surface area contributed by atoms with E-state index in [1.807, 2.05) is 36.7 Å². The molecule has 3 aromatic carbocycles. The third-order valence-corrected chi connectivity index (χ3v) is 6.72. The number of rotatable bonds is 11. The third kappa shape index (κ3) is 6.70. The van der Waals surface area contributed by atoms with Crippen LogP contribution < -0.4 is 10.1 Å².